The van der Waals surface area contributed by atoms with Crippen LogP contribution in [-0.4, -0.2) is 42.5 Å². The fourth-order valence-corrected chi connectivity index (χ4v) is 4.27. The SMILES string of the molecule is COCCCOc1cc2c(cc1Cl)-c1cc(=O)c(C(C)=O)cn1N(C1(C(F)(F)F)CC1)C2. The molecule has 0 N–H and O–H groups in total. The summed E-state index contributed by atoms with van der Waals surface area (Å²) < 4.78 is 54.1. The fraction of sp³-hybridized carbons (Fsp3) is 0.455. The van der Waals surface area contributed by atoms with Crippen LogP contribution in [0.5, 0.6) is 5.75 Å². The van der Waals surface area contributed by atoms with Gasteiger partial charge in [0.25, 0.3) is 0 Å². The van der Waals surface area contributed by atoms with Gasteiger partial charge >= 0.3 is 6.18 Å². The van der Waals surface area contributed by atoms with E-state index in [0.717, 1.165) is 0 Å². The van der Waals surface area contributed by atoms with Gasteiger partial charge in [0.15, 0.2) is 16.8 Å². The maximum absolute atomic E-state index is 14.0. The summed E-state index contributed by atoms with van der Waals surface area (Å²) >= 11 is 6.38. The number of alkyl halides is 3. The Bertz CT molecular complexity index is 1130. The molecule has 1 saturated carbocycles. The van der Waals surface area contributed by atoms with Crippen molar-refractivity contribution in [1.82, 2.24) is 4.68 Å². The first kappa shape index (κ1) is 22.7. The molecule has 32 heavy (non-hydrogen) atoms. The van der Waals surface area contributed by atoms with Crippen molar-refractivity contribution in [3.8, 4) is 17.0 Å². The first-order valence-electron chi connectivity index (χ1n) is 10.2. The summed E-state index contributed by atoms with van der Waals surface area (Å²) in [7, 11) is 1.58. The number of halogens is 4. The number of rotatable bonds is 7. The van der Waals surface area contributed by atoms with Crippen LogP contribution < -0.4 is 15.2 Å². The molecule has 0 amide bonds. The van der Waals surface area contributed by atoms with Crippen molar-refractivity contribution in [2.45, 2.75) is 44.4 Å². The number of fused-ring (bicyclic) bond motifs is 3. The third kappa shape index (κ3) is 3.77. The van der Waals surface area contributed by atoms with Crippen molar-refractivity contribution in [1.29, 1.82) is 0 Å². The number of Topliss-reactive ketones (excluding diaryl/α,β-unsaturated/α-hetero) is 1. The summed E-state index contributed by atoms with van der Waals surface area (Å²) in [4.78, 5) is 24.4. The number of ether oxygens (including phenoxy) is 2. The van der Waals surface area contributed by atoms with Gasteiger partial charge in [0, 0.05) is 38.0 Å². The van der Waals surface area contributed by atoms with Gasteiger partial charge in [0.05, 0.1) is 29.4 Å². The van der Waals surface area contributed by atoms with E-state index in [0.29, 0.717) is 36.5 Å². The summed E-state index contributed by atoms with van der Waals surface area (Å²) in [5.41, 5.74) is -1.43. The van der Waals surface area contributed by atoms with Crippen LogP contribution in [0.15, 0.2) is 29.2 Å². The number of methoxy groups -OCH3 is 1. The molecule has 0 radical (unpaired) electrons. The molecule has 0 atom stereocenters. The number of benzene rings is 1. The van der Waals surface area contributed by atoms with Crippen molar-refractivity contribution in [3.05, 3.63) is 50.8 Å². The first-order chi connectivity index (χ1) is 15.1. The second kappa shape index (κ2) is 8.12. The number of hydrogen-bond donors (Lipinski definition) is 0. The van der Waals surface area contributed by atoms with E-state index in [1.165, 1.54) is 28.9 Å². The predicted octanol–water partition coefficient (Wildman–Crippen LogP) is 4.33. The molecule has 1 fully saturated rings. The Balaban J connectivity index is 1.84. The van der Waals surface area contributed by atoms with Crippen molar-refractivity contribution < 1.29 is 27.4 Å². The number of pyridine rings is 1. The molecule has 0 unspecified atom stereocenters. The predicted molar refractivity (Wildman–Crippen MR) is 113 cm³/mol. The van der Waals surface area contributed by atoms with E-state index in [9.17, 15) is 22.8 Å². The van der Waals surface area contributed by atoms with Crippen LogP contribution in [0.1, 0.15) is 42.1 Å². The molecule has 0 bridgehead atoms. The number of aromatic nitrogens is 1. The Kier molecular flexibility index (Phi) is 5.75. The van der Waals surface area contributed by atoms with E-state index >= 15 is 0 Å². The number of ketones is 1. The molecule has 1 aliphatic carbocycles. The van der Waals surface area contributed by atoms with Crippen LogP contribution in [0.3, 0.4) is 0 Å². The minimum absolute atomic E-state index is 0.0687. The van der Waals surface area contributed by atoms with Gasteiger partial charge in [-0.05, 0) is 37.5 Å². The summed E-state index contributed by atoms with van der Waals surface area (Å²) in [6, 6.07) is 4.41. The zero-order valence-electron chi connectivity index (χ0n) is 17.6. The van der Waals surface area contributed by atoms with Crippen LogP contribution in [-0.2, 0) is 11.3 Å². The zero-order chi connectivity index (χ0) is 23.3. The van der Waals surface area contributed by atoms with Crippen molar-refractivity contribution in [2.75, 3.05) is 25.3 Å². The number of hydrogen-bond acceptors (Lipinski definition) is 5. The summed E-state index contributed by atoms with van der Waals surface area (Å²) in [6.07, 6.45) is -2.79. The topological polar surface area (TPSA) is 60.8 Å². The lowest BCUT2D eigenvalue weighted by Gasteiger charge is -2.41. The van der Waals surface area contributed by atoms with Crippen LogP contribution in [0.25, 0.3) is 11.3 Å². The third-order valence-electron chi connectivity index (χ3n) is 5.92. The second-order valence-electron chi connectivity index (χ2n) is 8.06. The maximum atomic E-state index is 14.0. The van der Waals surface area contributed by atoms with Gasteiger partial charge in [-0.25, -0.2) is 0 Å². The molecule has 0 saturated heterocycles. The van der Waals surface area contributed by atoms with E-state index in [1.54, 1.807) is 19.2 Å². The maximum Gasteiger partial charge on any atom is 0.413 e. The Hall–Kier alpha value is -2.52. The Morgan fingerprint density at radius 1 is 1.22 bits per heavy atom. The average Bonchev–Trinajstić information content (AvgIpc) is 3.52. The lowest BCUT2D eigenvalue weighted by Crippen LogP contribution is -2.55. The second-order valence-corrected chi connectivity index (χ2v) is 8.47. The molecule has 2 aliphatic rings. The Morgan fingerprint density at radius 2 is 1.94 bits per heavy atom. The van der Waals surface area contributed by atoms with Crippen LogP contribution in [0, 0.1) is 0 Å². The summed E-state index contributed by atoms with van der Waals surface area (Å²) in [6.45, 7) is 1.97. The van der Waals surface area contributed by atoms with Gasteiger partial charge in [0.2, 0.25) is 0 Å². The van der Waals surface area contributed by atoms with E-state index < -0.39 is 22.9 Å². The molecule has 1 aromatic carbocycles. The molecule has 0 spiro atoms. The monoisotopic (exact) mass is 470 g/mol. The fourth-order valence-electron chi connectivity index (χ4n) is 4.05. The Labute approximate surface area is 187 Å². The van der Waals surface area contributed by atoms with E-state index in [4.69, 9.17) is 21.1 Å². The van der Waals surface area contributed by atoms with Gasteiger partial charge in [-0.1, -0.05) is 11.6 Å². The smallest absolute Gasteiger partial charge is 0.413 e. The van der Waals surface area contributed by atoms with E-state index in [1.807, 2.05) is 0 Å². The van der Waals surface area contributed by atoms with Crippen molar-refractivity contribution in [2.24, 2.45) is 0 Å². The van der Waals surface area contributed by atoms with Crippen molar-refractivity contribution >= 4 is 17.4 Å². The molecule has 1 aromatic heterocycles. The van der Waals surface area contributed by atoms with Gasteiger partial charge in [-0.2, -0.15) is 13.2 Å². The van der Waals surface area contributed by atoms with Gasteiger partial charge in [0.1, 0.15) is 5.75 Å². The highest BCUT2D eigenvalue weighted by atomic mass is 35.5. The quantitative estimate of drug-likeness (QED) is 0.445. The highest BCUT2D eigenvalue weighted by Crippen LogP contribution is 2.54. The molecule has 2 heterocycles. The minimum atomic E-state index is -4.48. The molecule has 4 rings (SSSR count). The lowest BCUT2D eigenvalue weighted by atomic mass is 9.98. The molecular weight excluding hydrogens is 449 g/mol. The highest BCUT2D eigenvalue weighted by Gasteiger charge is 2.68. The molecule has 1 aliphatic heterocycles. The van der Waals surface area contributed by atoms with Gasteiger partial charge in [-0.3, -0.25) is 19.3 Å². The molecule has 2 aromatic rings. The Morgan fingerprint density at radius 3 is 2.53 bits per heavy atom. The molecular formula is C22H22ClF3N2O4. The van der Waals surface area contributed by atoms with Crippen LogP contribution >= 0.6 is 11.6 Å². The summed E-state index contributed by atoms with van der Waals surface area (Å²) in [5, 5.41) is 1.47. The number of carbonyl (C=O) groups excluding carboxylic acids is 1. The van der Waals surface area contributed by atoms with Crippen LogP contribution in [0.4, 0.5) is 13.2 Å². The highest BCUT2D eigenvalue weighted by molar-refractivity contribution is 6.32. The van der Waals surface area contributed by atoms with Gasteiger partial charge in [-0.15, -0.1) is 0 Å². The first-order valence-corrected chi connectivity index (χ1v) is 10.5. The third-order valence-corrected chi connectivity index (χ3v) is 6.22. The molecule has 6 nitrogen and oxygen atoms in total. The molecule has 172 valence electrons. The lowest BCUT2D eigenvalue weighted by molar-refractivity contribution is -0.163. The number of nitrogens with zero attached hydrogens (tertiary/aromatic N) is 2. The van der Waals surface area contributed by atoms with Crippen molar-refractivity contribution in [3.63, 3.8) is 0 Å². The zero-order valence-corrected chi connectivity index (χ0v) is 18.3. The standard InChI is InChI=1S/C22H22ClF3N2O4/c1-13(29)16-12-27-18(10-19(16)30)15-9-17(23)20(32-7-3-6-31-2)8-14(15)11-28(27)21(4-5-21)22(24,25)26/h8-10,12H,3-7,11H2,1-2H3. The van der Waals surface area contributed by atoms with Gasteiger partial charge < -0.3 is 9.47 Å². The van der Waals surface area contributed by atoms with Crippen LogP contribution in [0.2, 0.25) is 5.02 Å². The normalized spacial score (nSPS) is 16.4. The largest absolute Gasteiger partial charge is 0.492 e. The number of carbonyl (C=O) groups is 1. The van der Waals surface area contributed by atoms with E-state index in [-0.39, 0.29) is 35.7 Å². The minimum Gasteiger partial charge on any atom is -0.492 e. The van der Waals surface area contributed by atoms with E-state index in [2.05, 4.69) is 0 Å². The molecule has 10 heteroatoms. The summed E-state index contributed by atoms with van der Waals surface area (Å²) in [5.74, 6) is -0.153. The average molecular weight is 471 g/mol.